The lowest BCUT2D eigenvalue weighted by molar-refractivity contribution is -0.133. The van der Waals surface area contributed by atoms with E-state index in [2.05, 4.69) is 10.0 Å². The van der Waals surface area contributed by atoms with Crippen LogP contribution < -0.4 is 0 Å². The summed E-state index contributed by atoms with van der Waals surface area (Å²) in [7, 11) is 0. The standard InChI is InChI=1S/C18H24N4O3/c1-14(8-4-3-7-11-20-21-19)17(23)22-16(13-25-18(22)24)12-15-9-5-2-6-10-15/h2,5-6,9-10,14,16H,3-4,7-8,11-13H2,1H3/t14-,16-/m0/s1. The van der Waals surface area contributed by atoms with Crippen molar-refractivity contribution in [1.82, 2.24) is 4.90 Å². The number of ether oxygens (including phenoxy) is 1. The Balaban J connectivity index is 1.86. The first-order valence-corrected chi connectivity index (χ1v) is 8.68. The van der Waals surface area contributed by atoms with Crippen molar-refractivity contribution < 1.29 is 14.3 Å². The second-order valence-corrected chi connectivity index (χ2v) is 6.33. The van der Waals surface area contributed by atoms with Gasteiger partial charge in [-0.3, -0.25) is 4.79 Å². The summed E-state index contributed by atoms with van der Waals surface area (Å²) in [6.45, 7) is 2.58. The first kappa shape index (κ1) is 18.8. The van der Waals surface area contributed by atoms with Gasteiger partial charge in [0.15, 0.2) is 0 Å². The molecule has 0 saturated carbocycles. The lowest BCUT2D eigenvalue weighted by Crippen LogP contribution is -2.43. The summed E-state index contributed by atoms with van der Waals surface area (Å²) in [6.07, 6.45) is 3.34. The van der Waals surface area contributed by atoms with Crippen molar-refractivity contribution in [2.45, 2.75) is 45.1 Å². The minimum absolute atomic E-state index is 0.168. The van der Waals surface area contributed by atoms with Crippen LogP contribution in [0.5, 0.6) is 0 Å². The second-order valence-electron chi connectivity index (χ2n) is 6.33. The molecule has 1 aliphatic heterocycles. The fourth-order valence-electron chi connectivity index (χ4n) is 2.98. The van der Waals surface area contributed by atoms with Gasteiger partial charge in [-0.15, -0.1) is 0 Å². The summed E-state index contributed by atoms with van der Waals surface area (Å²) in [5.74, 6) is -0.401. The fraction of sp³-hybridized carbons (Fsp3) is 0.556. The highest BCUT2D eigenvalue weighted by Gasteiger charge is 2.39. The lowest BCUT2D eigenvalue weighted by Gasteiger charge is -2.23. The molecule has 0 aromatic heterocycles. The molecule has 134 valence electrons. The average molecular weight is 344 g/mol. The molecule has 0 radical (unpaired) electrons. The number of carbonyl (C=O) groups is 2. The quantitative estimate of drug-likeness (QED) is 0.292. The predicted molar refractivity (Wildman–Crippen MR) is 93.8 cm³/mol. The number of benzene rings is 1. The van der Waals surface area contributed by atoms with Crippen molar-refractivity contribution >= 4 is 12.0 Å². The zero-order valence-corrected chi connectivity index (χ0v) is 14.5. The molecular weight excluding hydrogens is 320 g/mol. The Bertz CT molecular complexity index is 628. The Morgan fingerprint density at radius 3 is 2.84 bits per heavy atom. The van der Waals surface area contributed by atoms with Gasteiger partial charge >= 0.3 is 6.09 Å². The van der Waals surface area contributed by atoms with Gasteiger partial charge < -0.3 is 4.74 Å². The van der Waals surface area contributed by atoms with Gasteiger partial charge in [0, 0.05) is 17.4 Å². The van der Waals surface area contributed by atoms with Gasteiger partial charge in [-0.1, -0.05) is 55.2 Å². The van der Waals surface area contributed by atoms with Crippen LogP contribution in [-0.2, 0) is 16.0 Å². The molecule has 0 bridgehead atoms. The molecule has 2 rings (SSSR count). The minimum atomic E-state index is -0.541. The molecule has 2 amide bonds. The van der Waals surface area contributed by atoms with Gasteiger partial charge in [-0.2, -0.15) is 0 Å². The Morgan fingerprint density at radius 1 is 1.36 bits per heavy atom. The molecule has 1 aliphatic rings. The molecule has 7 heteroatoms. The highest BCUT2D eigenvalue weighted by molar-refractivity contribution is 5.94. The molecule has 1 fully saturated rings. The normalized spacial score (nSPS) is 17.7. The number of imide groups is 1. The van der Waals surface area contributed by atoms with E-state index in [4.69, 9.17) is 10.3 Å². The third-order valence-electron chi connectivity index (χ3n) is 4.39. The molecule has 7 nitrogen and oxygen atoms in total. The van der Waals surface area contributed by atoms with E-state index in [0.717, 1.165) is 24.8 Å². The molecule has 0 aliphatic carbocycles. The van der Waals surface area contributed by atoms with E-state index in [1.807, 2.05) is 37.3 Å². The van der Waals surface area contributed by atoms with Crippen molar-refractivity contribution in [2.75, 3.05) is 13.2 Å². The molecule has 0 N–H and O–H groups in total. The number of azide groups is 1. The van der Waals surface area contributed by atoms with Gasteiger partial charge in [0.2, 0.25) is 5.91 Å². The van der Waals surface area contributed by atoms with E-state index in [1.54, 1.807) is 0 Å². The number of cyclic esters (lactones) is 1. The Kier molecular flexibility index (Phi) is 7.29. The van der Waals surface area contributed by atoms with E-state index < -0.39 is 6.09 Å². The highest BCUT2D eigenvalue weighted by atomic mass is 16.6. The van der Waals surface area contributed by atoms with Gasteiger partial charge in [-0.25, -0.2) is 9.69 Å². The zero-order chi connectivity index (χ0) is 18.1. The van der Waals surface area contributed by atoms with Gasteiger partial charge in [0.25, 0.3) is 0 Å². The van der Waals surface area contributed by atoms with Crippen LogP contribution >= 0.6 is 0 Å². The highest BCUT2D eigenvalue weighted by Crippen LogP contribution is 2.22. The van der Waals surface area contributed by atoms with Crippen molar-refractivity contribution in [2.24, 2.45) is 11.0 Å². The Hall–Kier alpha value is -2.53. The number of hydrogen-bond donors (Lipinski definition) is 0. The van der Waals surface area contributed by atoms with Crippen LogP contribution in [0.2, 0.25) is 0 Å². The van der Waals surface area contributed by atoms with Crippen molar-refractivity contribution in [1.29, 1.82) is 0 Å². The smallest absolute Gasteiger partial charge is 0.416 e. The van der Waals surface area contributed by atoms with Crippen LogP contribution in [0.1, 0.15) is 38.2 Å². The summed E-state index contributed by atoms with van der Waals surface area (Å²) in [6, 6.07) is 9.55. The molecule has 1 aromatic rings. The first-order chi connectivity index (χ1) is 12.1. The topological polar surface area (TPSA) is 95.4 Å². The van der Waals surface area contributed by atoms with E-state index >= 15 is 0 Å². The zero-order valence-electron chi connectivity index (χ0n) is 14.5. The van der Waals surface area contributed by atoms with E-state index in [9.17, 15) is 9.59 Å². The Labute approximate surface area is 147 Å². The third-order valence-corrected chi connectivity index (χ3v) is 4.39. The summed E-state index contributed by atoms with van der Waals surface area (Å²) in [5, 5.41) is 3.49. The van der Waals surface area contributed by atoms with E-state index in [0.29, 0.717) is 19.4 Å². The van der Waals surface area contributed by atoms with Crippen LogP contribution in [-0.4, -0.2) is 36.1 Å². The summed E-state index contributed by atoms with van der Waals surface area (Å²) in [5.41, 5.74) is 9.30. The maximum Gasteiger partial charge on any atom is 0.416 e. The molecular formula is C18H24N4O3. The van der Waals surface area contributed by atoms with Crippen molar-refractivity contribution in [3.8, 4) is 0 Å². The fourth-order valence-corrected chi connectivity index (χ4v) is 2.98. The average Bonchev–Trinajstić information content (AvgIpc) is 2.98. The summed E-state index contributed by atoms with van der Waals surface area (Å²) in [4.78, 5) is 28.7. The summed E-state index contributed by atoms with van der Waals surface area (Å²) >= 11 is 0. The number of unbranched alkanes of at least 4 members (excludes halogenated alkanes) is 2. The van der Waals surface area contributed by atoms with Crippen molar-refractivity contribution in [3.05, 3.63) is 46.3 Å². The van der Waals surface area contributed by atoms with Gasteiger partial charge in [-0.05, 0) is 30.4 Å². The molecule has 0 spiro atoms. The van der Waals surface area contributed by atoms with E-state index in [1.165, 1.54) is 4.90 Å². The number of nitrogens with zero attached hydrogens (tertiary/aromatic N) is 4. The molecule has 1 saturated heterocycles. The Morgan fingerprint density at radius 2 is 2.12 bits per heavy atom. The number of carbonyl (C=O) groups excluding carboxylic acids is 2. The van der Waals surface area contributed by atoms with E-state index in [-0.39, 0.29) is 24.5 Å². The van der Waals surface area contributed by atoms with Crippen molar-refractivity contribution in [3.63, 3.8) is 0 Å². The molecule has 0 unspecified atom stereocenters. The van der Waals surface area contributed by atoms with Crippen LogP contribution in [0.4, 0.5) is 4.79 Å². The van der Waals surface area contributed by atoms with Crippen LogP contribution in [0.15, 0.2) is 35.4 Å². The van der Waals surface area contributed by atoms with Crippen LogP contribution in [0.25, 0.3) is 10.4 Å². The monoisotopic (exact) mass is 344 g/mol. The molecule has 1 aromatic carbocycles. The largest absolute Gasteiger partial charge is 0.447 e. The number of hydrogen-bond acceptors (Lipinski definition) is 4. The van der Waals surface area contributed by atoms with Crippen LogP contribution in [0, 0.1) is 5.92 Å². The SMILES string of the molecule is C[C@@H](CCCCCN=[N+]=[N-])C(=O)N1C(=O)OC[C@@H]1Cc1ccccc1. The first-order valence-electron chi connectivity index (χ1n) is 8.68. The maximum atomic E-state index is 12.7. The van der Waals surface area contributed by atoms with Gasteiger partial charge in [0.05, 0.1) is 6.04 Å². The summed E-state index contributed by atoms with van der Waals surface area (Å²) < 4.78 is 5.11. The molecule has 1 heterocycles. The third kappa shape index (κ3) is 5.50. The lowest BCUT2D eigenvalue weighted by atomic mass is 9.99. The second kappa shape index (κ2) is 9.69. The molecule has 25 heavy (non-hydrogen) atoms. The molecule has 2 atom stereocenters. The minimum Gasteiger partial charge on any atom is -0.447 e. The van der Waals surface area contributed by atoms with Gasteiger partial charge in [0.1, 0.15) is 6.61 Å². The number of rotatable bonds is 9. The van der Waals surface area contributed by atoms with Crippen LogP contribution in [0.3, 0.4) is 0 Å². The predicted octanol–water partition coefficient (Wildman–Crippen LogP) is 4.08. The number of amides is 2. The maximum absolute atomic E-state index is 12.7.